The normalized spacial score (nSPS) is 22.6. The highest BCUT2D eigenvalue weighted by atomic mass is 16.1. The third-order valence-corrected chi connectivity index (χ3v) is 3.97. The van der Waals surface area contributed by atoms with Crippen LogP contribution in [0.2, 0.25) is 0 Å². The summed E-state index contributed by atoms with van der Waals surface area (Å²) >= 11 is 0. The summed E-state index contributed by atoms with van der Waals surface area (Å²) in [5.41, 5.74) is 0. The van der Waals surface area contributed by atoms with Gasteiger partial charge in [0.2, 0.25) is 5.91 Å². The van der Waals surface area contributed by atoms with Gasteiger partial charge in [-0.05, 0) is 64.1 Å². The largest absolute Gasteiger partial charge is 0.353 e. The van der Waals surface area contributed by atoms with Gasteiger partial charge in [-0.2, -0.15) is 0 Å². The lowest BCUT2D eigenvalue weighted by Gasteiger charge is -2.31. The first-order valence-corrected chi connectivity index (χ1v) is 7.29. The predicted molar refractivity (Wildman–Crippen MR) is 69.9 cm³/mol. The van der Waals surface area contributed by atoms with Crippen molar-refractivity contribution in [1.82, 2.24) is 10.2 Å². The molecule has 1 amide bonds. The van der Waals surface area contributed by atoms with Crippen LogP contribution in [0.3, 0.4) is 0 Å². The molecule has 0 aromatic carbocycles. The summed E-state index contributed by atoms with van der Waals surface area (Å²) < 4.78 is 0. The first-order valence-electron chi connectivity index (χ1n) is 7.29. The van der Waals surface area contributed by atoms with Crippen LogP contribution in [-0.4, -0.2) is 36.5 Å². The zero-order valence-corrected chi connectivity index (χ0v) is 11.1. The maximum Gasteiger partial charge on any atom is 0.220 e. The summed E-state index contributed by atoms with van der Waals surface area (Å²) in [5, 5.41) is 3.07. The van der Waals surface area contributed by atoms with Gasteiger partial charge < -0.3 is 10.2 Å². The number of piperidine rings is 1. The molecule has 0 aromatic rings. The van der Waals surface area contributed by atoms with E-state index in [0.717, 1.165) is 18.8 Å². The van der Waals surface area contributed by atoms with Crippen LogP contribution in [0.25, 0.3) is 0 Å². The fraction of sp³-hybridized carbons (Fsp3) is 0.929. The molecule has 0 radical (unpaired) electrons. The third kappa shape index (κ3) is 4.66. The summed E-state index contributed by atoms with van der Waals surface area (Å²) in [7, 11) is 0. The number of carbonyl (C=O) groups is 1. The van der Waals surface area contributed by atoms with Crippen LogP contribution >= 0.6 is 0 Å². The average Bonchev–Trinajstić information content (AvgIpc) is 3.12. The Kier molecular flexibility index (Phi) is 4.84. The first-order chi connectivity index (χ1) is 8.28. The molecule has 0 unspecified atom stereocenters. The van der Waals surface area contributed by atoms with E-state index >= 15 is 0 Å². The van der Waals surface area contributed by atoms with Gasteiger partial charge >= 0.3 is 0 Å². The molecule has 1 aliphatic heterocycles. The van der Waals surface area contributed by atoms with Crippen LogP contribution in [-0.2, 0) is 4.79 Å². The van der Waals surface area contributed by atoms with Gasteiger partial charge in [0, 0.05) is 12.5 Å². The Morgan fingerprint density at radius 3 is 2.53 bits per heavy atom. The highest BCUT2D eigenvalue weighted by Gasteiger charge is 2.24. The Bertz CT molecular complexity index is 243. The summed E-state index contributed by atoms with van der Waals surface area (Å²) in [6.45, 7) is 5.97. The van der Waals surface area contributed by atoms with E-state index in [1.165, 1.54) is 51.7 Å². The van der Waals surface area contributed by atoms with Gasteiger partial charge in [-0.3, -0.25) is 4.79 Å². The minimum Gasteiger partial charge on any atom is -0.353 e. The molecule has 2 fully saturated rings. The molecule has 17 heavy (non-hydrogen) atoms. The van der Waals surface area contributed by atoms with Crippen LogP contribution in [0, 0.1) is 5.92 Å². The highest BCUT2D eigenvalue weighted by molar-refractivity contribution is 5.76. The van der Waals surface area contributed by atoms with E-state index in [2.05, 4.69) is 17.1 Å². The molecule has 1 saturated heterocycles. The molecule has 3 nitrogen and oxygen atoms in total. The highest BCUT2D eigenvalue weighted by Crippen LogP contribution is 2.23. The summed E-state index contributed by atoms with van der Waals surface area (Å²) in [6, 6.07) is 0.522. The maximum atomic E-state index is 11.6. The Hall–Kier alpha value is -0.570. The lowest BCUT2D eigenvalue weighted by atomic mass is 9.92. The summed E-state index contributed by atoms with van der Waals surface area (Å²) in [5.74, 6) is 1.07. The van der Waals surface area contributed by atoms with Gasteiger partial charge in [0.1, 0.15) is 0 Å². The van der Waals surface area contributed by atoms with E-state index in [1.807, 2.05) is 0 Å². The van der Waals surface area contributed by atoms with Gasteiger partial charge in [0.05, 0.1) is 0 Å². The molecule has 0 spiro atoms. The van der Waals surface area contributed by atoms with E-state index in [0.29, 0.717) is 6.04 Å². The second-order valence-corrected chi connectivity index (χ2v) is 5.67. The molecule has 0 atom stereocenters. The van der Waals surface area contributed by atoms with Crippen LogP contribution in [0.5, 0.6) is 0 Å². The molecular formula is C14H26N2O. The van der Waals surface area contributed by atoms with E-state index in [4.69, 9.17) is 0 Å². The SMILES string of the molecule is CCCN1CCC(CCC(=O)NC2CC2)CC1. The Labute approximate surface area is 105 Å². The van der Waals surface area contributed by atoms with Crippen molar-refractivity contribution in [2.45, 2.75) is 57.9 Å². The van der Waals surface area contributed by atoms with E-state index < -0.39 is 0 Å². The second kappa shape index (κ2) is 6.39. The number of amides is 1. The van der Waals surface area contributed by atoms with Gasteiger partial charge in [0.25, 0.3) is 0 Å². The van der Waals surface area contributed by atoms with Crippen molar-refractivity contribution in [3.8, 4) is 0 Å². The fourth-order valence-electron chi connectivity index (χ4n) is 2.68. The number of rotatable bonds is 6. The zero-order valence-electron chi connectivity index (χ0n) is 11.1. The van der Waals surface area contributed by atoms with E-state index in [9.17, 15) is 4.79 Å². The molecule has 98 valence electrons. The molecule has 1 N–H and O–H groups in total. The van der Waals surface area contributed by atoms with Crippen molar-refractivity contribution in [2.24, 2.45) is 5.92 Å². The minimum atomic E-state index is 0.281. The van der Waals surface area contributed by atoms with Crippen molar-refractivity contribution in [3.05, 3.63) is 0 Å². The Balaban J connectivity index is 1.55. The monoisotopic (exact) mass is 238 g/mol. The number of nitrogens with zero attached hydrogens (tertiary/aromatic N) is 1. The van der Waals surface area contributed by atoms with Crippen molar-refractivity contribution < 1.29 is 4.79 Å². The topological polar surface area (TPSA) is 32.3 Å². The van der Waals surface area contributed by atoms with Crippen molar-refractivity contribution in [3.63, 3.8) is 0 Å². The molecular weight excluding hydrogens is 212 g/mol. The van der Waals surface area contributed by atoms with E-state index in [-0.39, 0.29) is 5.91 Å². The maximum absolute atomic E-state index is 11.6. The molecule has 1 aliphatic carbocycles. The van der Waals surface area contributed by atoms with Crippen molar-refractivity contribution in [1.29, 1.82) is 0 Å². The van der Waals surface area contributed by atoms with Gasteiger partial charge in [-0.25, -0.2) is 0 Å². The van der Waals surface area contributed by atoms with Crippen molar-refractivity contribution in [2.75, 3.05) is 19.6 Å². The minimum absolute atomic E-state index is 0.281. The van der Waals surface area contributed by atoms with E-state index in [1.54, 1.807) is 0 Å². The Morgan fingerprint density at radius 2 is 1.94 bits per heavy atom. The smallest absolute Gasteiger partial charge is 0.220 e. The van der Waals surface area contributed by atoms with Crippen molar-refractivity contribution >= 4 is 5.91 Å². The van der Waals surface area contributed by atoms with Crippen LogP contribution < -0.4 is 5.32 Å². The molecule has 2 rings (SSSR count). The fourth-order valence-corrected chi connectivity index (χ4v) is 2.68. The number of hydrogen-bond acceptors (Lipinski definition) is 2. The number of hydrogen-bond donors (Lipinski definition) is 1. The third-order valence-electron chi connectivity index (χ3n) is 3.97. The molecule has 0 aromatic heterocycles. The first kappa shape index (κ1) is 12.9. The van der Waals surface area contributed by atoms with Gasteiger partial charge in [-0.1, -0.05) is 6.92 Å². The molecule has 3 heteroatoms. The summed E-state index contributed by atoms with van der Waals surface area (Å²) in [6.07, 6.45) is 8.07. The zero-order chi connectivity index (χ0) is 12.1. The molecule has 0 bridgehead atoms. The standard InChI is InChI=1S/C14H26N2O/c1-2-9-16-10-7-12(8-11-16)3-6-14(17)15-13-4-5-13/h12-13H,2-11H2,1H3,(H,15,17). The lowest BCUT2D eigenvalue weighted by molar-refractivity contribution is -0.121. The molecule has 1 heterocycles. The predicted octanol–water partition coefficient (Wildman–Crippen LogP) is 2.17. The summed E-state index contributed by atoms with van der Waals surface area (Å²) in [4.78, 5) is 14.1. The quantitative estimate of drug-likeness (QED) is 0.769. The Morgan fingerprint density at radius 1 is 1.24 bits per heavy atom. The lowest BCUT2D eigenvalue weighted by Crippen LogP contribution is -2.34. The second-order valence-electron chi connectivity index (χ2n) is 5.67. The van der Waals surface area contributed by atoms with Gasteiger partial charge in [-0.15, -0.1) is 0 Å². The molecule has 1 saturated carbocycles. The van der Waals surface area contributed by atoms with Crippen LogP contribution in [0.15, 0.2) is 0 Å². The average molecular weight is 238 g/mol. The number of likely N-dealkylation sites (tertiary alicyclic amines) is 1. The number of nitrogens with one attached hydrogen (secondary N) is 1. The van der Waals surface area contributed by atoms with Crippen LogP contribution in [0.1, 0.15) is 51.9 Å². The molecule has 2 aliphatic rings. The number of carbonyl (C=O) groups excluding carboxylic acids is 1. The van der Waals surface area contributed by atoms with Gasteiger partial charge in [0.15, 0.2) is 0 Å². The van der Waals surface area contributed by atoms with Crippen LogP contribution in [0.4, 0.5) is 0 Å².